The molecule has 1 saturated heterocycles. The van der Waals surface area contributed by atoms with Crippen LogP contribution in [0.5, 0.6) is 5.88 Å². The Kier molecular flexibility index (Phi) is 2.86. The molecule has 1 aliphatic rings. The molecule has 0 saturated carbocycles. The van der Waals surface area contributed by atoms with Crippen molar-refractivity contribution in [1.29, 1.82) is 0 Å². The molecule has 2 rings (SSSR count). The summed E-state index contributed by atoms with van der Waals surface area (Å²) in [6, 6.07) is 3.42. The first-order chi connectivity index (χ1) is 7.20. The van der Waals surface area contributed by atoms with Crippen LogP contribution in [0.2, 0.25) is 0 Å². The minimum Gasteiger partial charge on any atom is -0.480 e. The molecule has 80 valence electrons. The maximum Gasteiger partial charge on any atom is 0.233 e. The lowest BCUT2D eigenvalue weighted by Gasteiger charge is -2.13. The van der Waals surface area contributed by atoms with Gasteiger partial charge in [-0.2, -0.15) is 0 Å². The minimum atomic E-state index is 0.0661. The van der Waals surface area contributed by atoms with Gasteiger partial charge in [0.05, 0.1) is 7.11 Å². The zero-order valence-corrected chi connectivity index (χ0v) is 9.77. The summed E-state index contributed by atoms with van der Waals surface area (Å²) in [6.07, 6.45) is 0.508. The van der Waals surface area contributed by atoms with Crippen molar-refractivity contribution in [2.45, 2.75) is 11.2 Å². The molecule has 0 bridgehead atoms. The van der Waals surface area contributed by atoms with E-state index in [1.54, 1.807) is 17.0 Å². The highest BCUT2D eigenvalue weighted by Crippen LogP contribution is 2.23. The standard InChI is InChI=1S/C9H10BrN3O2/c1-15-8-3-2-7(11-12-8)13-5-6(10)4-9(13)14/h2-3,6H,4-5H2,1H3. The Morgan fingerprint density at radius 3 is 2.80 bits per heavy atom. The number of alkyl halides is 1. The van der Waals surface area contributed by atoms with Crippen molar-refractivity contribution in [2.24, 2.45) is 0 Å². The zero-order chi connectivity index (χ0) is 10.8. The summed E-state index contributed by atoms with van der Waals surface area (Å²) in [7, 11) is 1.53. The van der Waals surface area contributed by atoms with Crippen LogP contribution in [0, 0.1) is 0 Å². The quantitative estimate of drug-likeness (QED) is 0.753. The van der Waals surface area contributed by atoms with Crippen LogP contribution >= 0.6 is 15.9 Å². The van der Waals surface area contributed by atoms with Gasteiger partial charge in [0.15, 0.2) is 5.82 Å². The molecule has 1 aliphatic heterocycles. The number of methoxy groups -OCH3 is 1. The predicted octanol–water partition coefficient (Wildman–Crippen LogP) is 0.985. The van der Waals surface area contributed by atoms with Crippen LogP contribution in [-0.4, -0.2) is 34.6 Å². The number of halogens is 1. The molecule has 6 heteroatoms. The van der Waals surface area contributed by atoms with Crippen molar-refractivity contribution in [3.63, 3.8) is 0 Å². The van der Waals surface area contributed by atoms with Crippen molar-refractivity contribution in [2.75, 3.05) is 18.6 Å². The average molecular weight is 272 g/mol. The van der Waals surface area contributed by atoms with Gasteiger partial charge < -0.3 is 4.74 Å². The highest BCUT2D eigenvalue weighted by Gasteiger charge is 2.29. The molecule has 1 unspecified atom stereocenters. The summed E-state index contributed by atoms with van der Waals surface area (Å²) in [5, 5.41) is 7.75. The number of aromatic nitrogens is 2. The third-order valence-corrected chi connectivity index (χ3v) is 2.80. The van der Waals surface area contributed by atoms with Crippen LogP contribution in [0.25, 0.3) is 0 Å². The van der Waals surface area contributed by atoms with E-state index in [2.05, 4.69) is 26.1 Å². The first kappa shape index (κ1) is 10.4. The van der Waals surface area contributed by atoms with Crippen molar-refractivity contribution < 1.29 is 9.53 Å². The van der Waals surface area contributed by atoms with Gasteiger partial charge in [0.2, 0.25) is 11.8 Å². The summed E-state index contributed by atoms with van der Waals surface area (Å²) in [6.45, 7) is 0.639. The molecule has 0 spiro atoms. The third kappa shape index (κ3) is 2.09. The number of hydrogen-bond acceptors (Lipinski definition) is 4. The molecule has 0 N–H and O–H groups in total. The van der Waals surface area contributed by atoms with E-state index in [1.807, 2.05) is 0 Å². The normalized spacial score (nSPS) is 20.8. The fourth-order valence-corrected chi connectivity index (χ4v) is 2.02. The Labute approximate surface area is 95.6 Å². The van der Waals surface area contributed by atoms with Crippen LogP contribution in [0.15, 0.2) is 12.1 Å². The SMILES string of the molecule is COc1ccc(N2CC(Br)CC2=O)nn1. The number of carbonyl (C=O) groups is 1. The van der Waals surface area contributed by atoms with E-state index < -0.39 is 0 Å². The van der Waals surface area contributed by atoms with Crippen LogP contribution in [0.1, 0.15) is 6.42 Å². The molecule has 1 aromatic rings. The number of amides is 1. The second kappa shape index (κ2) is 4.14. The Balaban J connectivity index is 2.19. The van der Waals surface area contributed by atoms with E-state index in [4.69, 9.17) is 4.74 Å². The minimum absolute atomic E-state index is 0.0661. The van der Waals surface area contributed by atoms with Gasteiger partial charge in [0.1, 0.15) is 0 Å². The molecule has 15 heavy (non-hydrogen) atoms. The van der Waals surface area contributed by atoms with E-state index in [9.17, 15) is 4.79 Å². The Morgan fingerprint density at radius 2 is 2.33 bits per heavy atom. The monoisotopic (exact) mass is 271 g/mol. The molecule has 0 aromatic carbocycles. The maximum atomic E-state index is 11.5. The van der Waals surface area contributed by atoms with Crippen molar-refractivity contribution in [3.8, 4) is 5.88 Å². The van der Waals surface area contributed by atoms with E-state index in [-0.39, 0.29) is 10.7 Å². The highest BCUT2D eigenvalue weighted by atomic mass is 79.9. The van der Waals surface area contributed by atoms with Gasteiger partial charge >= 0.3 is 0 Å². The molecule has 2 heterocycles. The Bertz CT molecular complexity index is 368. The molecule has 1 fully saturated rings. The first-order valence-corrected chi connectivity index (χ1v) is 5.44. The van der Waals surface area contributed by atoms with Gasteiger partial charge in [0.25, 0.3) is 0 Å². The molecule has 0 radical (unpaired) electrons. The highest BCUT2D eigenvalue weighted by molar-refractivity contribution is 9.09. The lowest BCUT2D eigenvalue weighted by molar-refractivity contribution is -0.117. The number of carbonyl (C=O) groups excluding carboxylic acids is 1. The maximum absolute atomic E-state index is 11.5. The van der Waals surface area contributed by atoms with Crippen LogP contribution in [-0.2, 0) is 4.79 Å². The van der Waals surface area contributed by atoms with Gasteiger partial charge in [-0.3, -0.25) is 9.69 Å². The van der Waals surface area contributed by atoms with Crippen molar-refractivity contribution in [3.05, 3.63) is 12.1 Å². The average Bonchev–Trinajstić information content (AvgIpc) is 2.58. The number of anilines is 1. The van der Waals surface area contributed by atoms with Gasteiger partial charge in [-0.05, 0) is 6.07 Å². The fourth-order valence-electron chi connectivity index (χ4n) is 1.45. The van der Waals surface area contributed by atoms with Gasteiger partial charge in [0, 0.05) is 23.9 Å². The molecule has 0 aliphatic carbocycles. The molecule has 1 atom stereocenters. The molecule has 1 aromatic heterocycles. The third-order valence-electron chi connectivity index (χ3n) is 2.19. The van der Waals surface area contributed by atoms with E-state index in [0.29, 0.717) is 24.7 Å². The van der Waals surface area contributed by atoms with Gasteiger partial charge in [-0.15, -0.1) is 10.2 Å². The smallest absolute Gasteiger partial charge is 0.233 e. The van der Waals surface area contributed by atoms with Crippen molar-refractivity contribution >= 4 is 27.7 Å². The first-order valence-electron chi connectivity index (χ1n) is 4.53. The predicted molar refractivity (Wildman–Crippen MR) is 58.3 cm³/mol. The largest absolute Gasteiger partial charge is 0.480 e. The Morgan fingerprint density at radius 1 is 1.53 bits per heavy atom. The summed E-state index contributed by atoms with van der Waals surface area (Å²) < 4.78 is 4.89. The molecule has 5 nitrogen and oxygen atoms in total. The van der Waals surface area contributed by atoms with Crippen LogP contribution in [0.3, 0.4) is 0 Å². The second-order valence-electron chi connectivity index (χ2n) is 3.24. The number of ether oxygens (including phenoxy) is 1. The summed E-state index contributed by atoms with van der Waals surface area (Å²) in [4.78, 5) is 13.4. The number of rotatable bonds is 2. The van der Waals surface area contributed by atoms with E-state index in [1.165, 1.54) is 7.11 Å². The number of nitrogens with zero attached hydrogens (tertiary/aromatic N) is 3. The summed E-state index contributed by atoms with van der Waals surface area (Å²) in [5.41, 5.74) is 0. The Hall–Kier alpha value is -1.17. The topological polar surface area (TPSA) is 55.3 Å². The fraction of sp³-hybridized carbons (Fsp3) is 0.444. The summed E-state index contributed by atoms with van der Waals surface area (Å²) in [5.74, 6) is 1.08. The van der Waals surface area contributed by atoms with Crippen LogP contribution < -0.4 is 9.64 Å². The lowest BCUT2D eigenvalue weighted by Crippen LogP contribution is -2.25. The van der Waals surface area contributed by atoms with Gasteiger partial charge in [-0.1, -0.05) is 15.9 Å². The molecular formula is C9H10BrN3O2. The summed E-state index contributed by atoms with van der Waals surface area (Å²) >= 11 is 3.41. The van der Waals surface area contributed by atoms with Gasteiger partial charge in [-0.25, -0.2) is 0 Å². The molecular weight excluding hydrogens is 262 g/mol. The van der Waals surface area contributed by atoms with Crippen molar-refractivity contribution in [1.82, 2.24) is 10.2 Å². The van der Waals surface area contributed by atoms with Crippen LogP contribution in [0.4, 0.5) is 5.82 Å². The second-order valence-corrected chi connectivity index (χ2v) is 4.53. The number of hydrogen-bond donors (Lipinski definition) is 0. The zero-order valence-electron chi connectivity index (χ0n) is 8.18. The van der Waals surface area contributed by atoms with E-state index in [0.717, 1.165) is 0 Å². The van der Waals surface area contributed by atoms with E-state index >= 15 is 0 Å². The molecule has 1 amide bonds. The lowest BCUT2D eigenvalue weighted by atomic mass is 10.4.